The van der Waals surface area contributed by atoms with Crippen LogP contribution in [0.25, 0.3) is 0 Å². The number of ether oxygens (including phenoxy) is 1. The number of hydrogen-bond donors (Lipinski definition) is 1. The molecule has 0 amide bonds. The highest BCUT2D eigenvalue weighted by Gasteiger charge is 1.92. The molecule has 13 heavy (non-hydrogen) atoms. The molecule has 0 heterocycles. The van der Waals surface area contributed by atoms with Gasteiger partial charge in [0.1, 0.15) is 0 Å². The number of nitrogens with one attached hydrogen (secondary N) is 1. The lowest BCUT2D eigenvalue weighted by Crippen LogP contribution is -2.22. The van der Waals surface area contributed by atoms with Gasteiger partial charge in [0, 0.05) is 6.54 Å². The average molecular weight is 185 g/mol. The van der Waals surface area contributed by atoms with Gasteiger partial charge < -0.3 is 10.1 Å². The second-order valence-corrected chi connectivity index (χ2v) is 3.62. The zero-order chi connectivity index (χ0) is 9.94. The Morgan fingerprint density at radius 1 is 1.31 bits per heavy atom. The summed E-state index contributed by atoms with van der Waals surface area (Å²) in [5, 5.41) is 3.34. The van der Waals surface area contributed by atoms with E-state index in [1.54, 1.807) is 0 Å². The second-order valence-electron chi connectivity index (χ2n) is 3.62. The molecule has 0 rings (SSSR count). The molecule has 0 aliphatic carbocycles. The molecule has 0 fully saturated rings. The Labute approximate surface area is 82.4 Å². The van der Waals surface area contributed by atoms with E-state index in [4.69, 9.17) is 4.74 Å². The second kappa shape index (κ2) is 9.75. The van der Waals surface area contributed by atoms with Crippen LogP contribution in [0.3, 0.4) is 0 Å². The van der Waals surface area contributed by atoms with Gasteiger partial charge in [-0.15, -0.1) is 6.58 Å². The first kappa shape index (κ1) is 12.7. The topological polar surface area (TPSA) is 21.3 Å². The lowest BCUT2D eigenvalue weighted by Gasteiger charge is -2.06. The largest absolute Gasteiger partial charge is 0.380 e. The van der Waals surface area contributed by atoms with Gasteiger partial charge >= 0.3 is 0 Å². The monoisotopic (exact) mass is 185 g/mol. The quantitative estimate of drug-likeness (QED) is 0.439. The van der Waals surface area contributed by atoms with Gasteiger partial charge in [0.2, 0.25) is 0 Å². The Hall–Kier alpha value is -0.340. The zero-order valence-electron chi connectivity index (χ0n) is 9.01. The Kier molecular flexibility index (Phi) is 9.49. The van der Waals surface area contributed by atoms with E-state index in [2.05, 4.69) is 25.7 Å². The fourth-order valence-corrected chi connectivity index (χ4v) is 0.929. The normalized spacial score (nSPS) is 10.7. The summed E-state index contributed by atoms with van der Waals surface area (Å²) in [6.45, 7) is 11.8. The maximum absolute atomic E-state index is 5.35. The predicted molar refractivity (Wildman–Crippen MR) is 58.0 cm³/mol. The first-order chi connectivity index (χ1) is 6.27. The third kappa shape index (κ3) is 11.7. The van der Waals surface area contributed by atoms with Gasteiger partial charge in [-0.05, 0) is 25.3 Å². The van der Waals surface area contributed by atoms with Gasteiger partial charge in [-0.3, -0.25) is 0 Å². The first-order valence-electron chi connectivity index (χ1n) is 5.16. The van der Waals surface area contributed by atoms with Gasteiger partial charge in [-0.1, -0.05) is 19.9 Å². The van der Waals surface area contributed by atoms with E-state index < -0.39 is 0 Å². The molecule has 0 aliphatic heterocycles. The predicted octanol–water partition coefficient (Wildman–Crippen LogP) is 2.21. The summed E-state index contributed by atoms with van der Waals surface area (Å²) in [7, 11) is 0. The molecule has 0 aromatic heterocycles. The maximum atomic E-state index is 5.35. The van der Waals surface area contributed by atoms with Crippen LogP contribution in [0, 0.1) is 5.92 Å². The van der Waals surface area contributed by atoms with Crippen LogP contribution in [0.1, 0.15) is 26.7 Å². The smallest absolute Gasteiger partial charge is 0.0591 e. The average Bonchev–Trinajstić information content (AvgIpc) is 2.09. The molecule has 2 heteroatoms. The fourth-order valence-electron chi connectivity index (χ4n) is 0.929. The van der Waals surface area contributed by atoms with Crippen LogP contribution in [0.4, 0.5) is 0 Å². The molecule has 0 aliphatic rings. The Bertz CT molecular complexity index is 113. The van der Waals surface area contributed by atoms with Gasteiger partial charge in [0.15, 0.2) is 0 Å². The van der Waals surface area contributed by atoms with Gasteiger partial charge in [-0.2, -0.15) is 0 Å². The minimum absolute atomic E-state index is 0.786. The minimum Gasteiger partial charge on any atom is -0.380 e. The molecule has 0 aromatic rings. The SMILES string of the molecule is C=CCCOCCNCCC(C)C. The first-order valence-corrected chi connectivity index (χ1v) is 5.16. The van der Waals surface area contributed by atoms with Gasteiger partial charge in [0.25, 0.3) is 0 Å². The van der Waals surface area contributed by atoms with E-state index in [0.717, 1.165) is 38.6 Å². The minimum atomic E-state index is 0.786. The number of hydrogen-bond acceptors (Lipinski definition) is 2. The molecular formula is C11H23NO. The molecule has 0 unspecified atom stereocenters. The third-order valence-corrected chi connectivity index (χ3v) is 1.79. The summed E-state index contributed by atoms with van der Waals surface area (Å²) in [5.41, 5.74) is 0. The van der Waals surface area contributed by atoms with Crippen molar-refractivity contribution in [2.45, 2.75) is 26.7 Å². The molecule has 0 bridgehead atoms. The Morgan fingerprint density at radius 2 is 2.08 bits per heavy atom. The zero-order valence-corrected chi connectivity index (χ0v) is 9.01. The van der Waals surface area contributed by atoms with Crippen molar-refractivity contribution >= 4 is 0 Å². The van der Waals surface area contributed by atoms with Gasteiger partial charge in [0.05, 0.1) is 13.2 Å². The standard InChI is InChI=1S/C11H23NO/c1-4-5-9-13-10-8-12-7-6-11(2)3/h4,11-12H,1,5-10H2,2-3H3. The highest BCUT2D eigenvalue weighted by Crippen LogP contribution is 1.95. The van der Waals surface area contributed by atoms with Crippen molar-refractivity contribution in [1.82, 2.24) is 5.32 Å². The molecule has 0 spiro atoms. The van der Waals surface area contributed by atoms with Crippen LogP contribution < -0.4 is 5.32 Å². The van der Waals surface area contributed by atoms with Crippen LogP contribution >= 0.6 is 0 Å². The van der Waals surface area contributed by atoms with Crippen LogP contribution in [-0.4, -0.2) is 26.3 Å². The van der Waals surface area contributed by atoms with E-state index >= 15 is 0 Å². The Morgan fingerprint density at radius 3 is 2.69 bits per heavy atom. The molecule has 0 aromatic carbocycles. The molecule has 2 nitrogen and oxygen atoms in total. The van der Waals surface area contributed by atoms with Crippen molar-refractivity contribution in [2.24, 2.45) is 5.92 Å². The lowest BCUT2D eigenvalue weighted by atomic mass is 10.1. The maximum Gasteiger partial charge on any atom is 0.0591 e. The molecule has 1 N–H and O–H groups in total. The summed E-state index contributed by atoms with van der Waals surface area (Å²) in [4.78, 5) is 0. The summed E-state index contributed by atoms with van der Waals surface area (Å²) >= 11 is 0. The van der Waals surface area contributed by atoms with Crippen LogP contribution in [0.15, 0.2) is 12.7 Å². The van der Waals surface area contributed by atoms with E-state index in [9.17, 15) is 0 Å². The van der Waals surface area contributed by atoms with Crippen molar-refractivity contribution in [3.8, 4) is 0 Å². The highest BCUT2D eigenvalue weighted by molar-refractivity contribution is 4.64. The molecule has 0 saturated heterocycles. The van der Waals surface area contributed by atoms with E-state index in [1.165, 1.54) is 6.42 Å². The fraction of sp³-hybridized carbons (Fsp3) is 0.818. The van der Waals surface area contributed by atoms with Crippen LogP contribution in [0.5, 0.6) is 0 Å². The summed E-state index contributed by atoms with van der Waals surface area (Å²) in [5.74, 6) is 0.786. The third-order valence-electron chi connectivity index (χ3n) is 1.79. The molecule has 78 valence electrons. The van der Waals surface area contributed by atoms with E-state index in [1.807, 2.05) is 6.08 Å². The van der Waals surface area contributed by atoms with E-state index in [-0.39, 0.29) is 0 Å². The van der Waals surface area contributed by atoms with Crippen molar-refractivity contribution in [3.05, 3.63) is 12.7 Å². The van der Waals surface area contributed by atoms with Crippen molar-refractivity contribution in [3.63, 3.8) is 0 Å². The van der Waals surface area contributed by atoms with Crippen LogP contribution in [0.2, 0.25) is 0 Å². The highest BCUT2D eigenvalue weighted by atomic mass is 16.5. The van der Waals surface area contributed by atoms with Crippen molar-refractivity contribution in [2.75, 3.05) is 26.3 Å². The van der Waals surface area contributed by atoms with Gasteiger partial charge in [-0.25, -0.2) is 0 Å². The molecular weight excluding hydrogens is 162 g/mol. The molecule has 0 radical (unpaired) electrons. The summed E-state index contributed by atoms with van der Waals surface area (Å²) in [6.07, 6.45) is 4.07. The number of rotatable bonds is 9. The van der Waals surface area contributed by atoms with Crippen molar-refractivity contribution < 1.29 is 4.74 Å². The lowest BCUT2D eigenvalue weighted by molar-refractivity contribution is 0.140. The molecule has 0 atom stereocenters. The van der Waals surface area contributed by atoms with Crippen LogP contribution in [-0.2, 0) is 4.74 Å². The molecule has 0 saturated carbocycles. The summed E-state index contributed by atoms with van der Waals surface area (Å²) < 4.78 is 5.35. The van der Waals surface area contributed by atoms with Crippen molar-refractivity contribution in [1.29, 1.82) is 0 Å². The Balaban J connectivity index is 2.87. The summed E-state index contributed by atoms with van der Waals surface area (Å²) in [6, 6.07) is 0. The van der Waals surface area contributed by atoms with E-state index in [0.29, 0.717) is 0 Å².